The zero-order chi connectivity index (χ0) is 11.3. The molecule has 0 unspecified atom stereocenters. The van der Waals surface area contributed by atoms with E-state index >= 15 is 0 Å². The van der Waals surface area contributed by atoms with Crippen LogP contribution in [0, 0.1) is 0 Å². The fourth-order valence-electron chi connectivity index (χ4n) is 2.09. The van der Waals surface area contributed by atoms with Gasteiger partial charge in [0.1, 0.15) is 5.04 Å². The molecule has 0 amide bonds. The van der Waals surface area contributed by atoms with Gasteiger partial charge in [0, 0.05) is 30.7 Å². The van der Waals surface area contributed by atoms with E-state index in [2.05, 4.69) is 40.7 Å². The van der Waals surface area contributed by atoms with Crippen LogP contribution < -0.4 is 4.90 Å². The summed E-state index contributed by atoms with van der Waals surface area (Å²) in [7, 11) is 4.09. The fourth-order valence-corrected chi connectivity index (χ4v) is 2.38. The van der Waals surface area contributed by atoms with Gasteiger partial charge in [0.2, 0.25) is 0 Å². The van der Waals surface area contributed by atoms with Crippen molar-refractivity contribution in [3.8, 4) is 0 Å². The van der Waals surface area contributed by atoms with E-state index in [0.29, 0.717) is 0 Å². The van der Waals surface area contributed by atoms with Gasteiger partial charge < -0.3 is 4.90 Å². The van der Waals surface area contributed by atoms with Gasteiger partial charge >= 0.3 is 0 Å². The molecule has 0 saturated carbocycles. The van der Waals surface area contributed by atoms with E-state index in [0.717, 1.165) is 16.3 Å². The predicted molar refractivity (Wildman–Crippen MR) is 73.5 cm³/mol. The zero-order valence-electron chi connectivity index (χ0n) is 9.23. The number of benzene rings is 2. The Labute approximate surface area is 100 Å². The highest BCUT2D eigenvalue weighted by Gasteiger charge is 2.17. The second-order valence-electron chi connectivity index (χ2n) is 4.20. The number of hydrogen-bond donors (Lipinski definition) is 1. The van der Waals surface area contributed by atoms with E-state index in [1.54, 1.807) is 0 Å². The van der Waals surface area contributed by atoms with Gasteiger partial charge in [-0.1, -0.05) is 12.1 Å². The summed E-state index contributed by atoms with van der Waals surface area (Å²) in [6, 6.07) is 10.5. The van der Waals surface area contributed by atoms with Crippen molar-refractivity contribution in [2.75, 3.05) is 19.0 Å². The van der Waals surface area contributed by atoms with Crippen LogP contribution in [0.5, 0.6) is 0 Å². The van der Waals surface area contributed by atoms with Crippen LogP contribution in [0.25, 0.3) is 10.8 Å². The first-order valence-corrected chi connectivity index (χ1v) is 5.63. The molecule has 0 saturated heterocycles. The predicted octanol–water partition coefficient (Wildman–Crippen LogP) is 3.23. The van der Waals surface area contributed by atoms with Gasteiger partial charge in [-0.15, -0.1) is 12.6 Å². The molecular weight excluding hydrogens is 216 g/mol. The van der Waals surface area contributed by atoms with Crippen LogP contribution in [0.3, 0.4) is 0 Å². The molecule has 2 aromatic carbocycles. The third kappa shape index (κ3) is 1.25. The second-order valence-corrected chi connectivity index (χ2v) is 4.62. The van der Waals surface area contributed by atoms with Crippen molar-refractivity contribution in [2.24, 2.45) is 4.99 Å². The van der Waals surface area contributed by atoms with Gasteiger partial charge in [0.25, 0.3) is 0 Å². The summed E-state index contributed by atoms with van der Waals surface area (Å²) in [6.07, 6.45) is 0. The molecule has 2 aromatic rings. The number of anilines is 1. The molecule has 2 nitrogen and oxygen atoms in total. The van der Waals surface area contributed by atoms with Crippen molar-refractivity contribution in [3.05, 3.63) is 35.9 Å². The van der Waals surface area contributed by atoms with Crippen LogP contribution in [-0.4, -0.2) is 19.1 Å². The fraction of sp³-hybridized carbons (Fsp3) is 0.154. The molecule has 0 radical (unpaired) electrons. The molecular formula is C13H12N2S. The lowest BCUT2D eigenvalue weighted by molar-refractivity contribution is 1.13. The summed E-state index contributed by atoms with van der Waals surface area (Å²) < 4.78 is 0. The molecule has 0 bridgehead atoms. The van der Waals surface area contributed by atoms with E-state index < -0.39 is 0 Å². The molecule has 0 atom stereocenters. The molecule has 0 aromatic heterocycles. The highest BCUT2D eigenvalue weighted by atomic mass is 32.1. The Balaban J connectivity index is 2.42. The Morgan fingerprint density at radius 1 is 1.19 bits per heavy atom. The Morgan fingerprint density at radius 3 is 2.75 bits per heavy atom. The first kappa shape index (κ1) is 9.73. The van der Waals surface area contributed by atoms with Crippen LogP contribution in [0.15, 0.2) is 35.3 Å². The Hall–Kier alpha value is -1.48. The van der Waals surface area contributed by atoms with Crippen LogP contribution in [0.2, 0.25) is 0 Å². The number of aliphatic imine (C=N–C) groups is 1. The molecule has 1 aliphatic heterocycles. The molecule has 0 fully saturated rings. The highest BCUT2D eigenvalue weighted by Crippen LogP contribution is 2.38. The minimum Gasteiger partial charge on any atom is -0.378 e. The topological polar surface area (TPSA) is 15.6 Å². The van der Waals surface area contributed by atoms with Gasteiger partial charge in [-0.25, -0.2) is 4.99 Å². The summed E-state index contributed by atoms with van der Waals surface area (Å²) in [4.78, 5) is 6.56. The lowest BCUT2D eigenvalue weighted by Crippen LogP contribution is -2.09. The first-order valence-electron chi connectivity index (χ1n) is 5.19. The molecule has 3 heteroatoms. The molecule has 0 aliphatic carbocycles. The van der Waals surface area contributed by atoms with Gasteiger partial charge in [0.15, 0.2) is 0 Å². The molecule has 1 heterocycles. The number of nitrogens with zero attached hydrogens (tertiary/aromatic N) is 2. The normalized spacial score (nSPS) is 13.1. The summed E-state index contributed by atoms with van der Waals surface area (Å²) in [5.74, 6) is 0. The second kappa shape index (κ2) is 3.25. The smallest absolute Gasteiger partial charge is 0.102 e. The maximum atomic E-state index is 4.46. The molecule has 80 valence electrons. The van der Waals surface area contributed by atoms with Crippen molar-refractivity contribution >= 4 is 39.8 Å². The maximum Gasteiger partial charge on any atom is 0.102 e. The number of rotatable bonds is 1. The van der Waals surface area contributed by atoms with Crippen molar-refractivity contribution < 1.29 is 0 Å². The van der Waals surface area contributed by atoms with E-state index in [9.17, 15) is 0 Å². The van der Waals surface area contributed by atoms with Gasteiger partial charge in [-0.3, -0.25) is 0 Å². The SMILES string of the molecule is CN(C)c1cc2c3c(cccc3c1)N=C2S. The third-order valence-corrected chi connectivity index (χ3v) is 3.26. The Morgan fingerprint density at radius 2 is 2.00 bits per heavy atom. The van der Waals surface area contributed by atoms with Gasteiger partial charge in [-0.2, -0.15) is 0 Å². The maximum absolute atomic E-state index is 4.46. The average molecular weight is 228 g/mol. The summed E-state index contributed by atoms with van der Waals surface area (Å²) in [5, 5.41) is 3.26. The van der Waals surface area contributed by atoms with Crippen LogP contribution in [0.4, 0.5) is 11.4 Å². The minimum atomic E-state index is 0.815. The first-order chi connectivity index (χ1) is 7.66. The molecule has 0 N–H and O–H groups in total. The Kier molecular flexibility index (Phi) is 1.98. The summed E-state index contributed by atoms with van der Waals surface area (Å²) in [5.41, 5.74) is 3.35. The lowest BCUT2D eigenvalue weighted by Gasteiger charge is -2.14. The monoisotopic (exact) mass is 228 g/mol. The number of thiol groups is 1. The molecule has 16 heavy (non-hydrogen) atoms. The van der Waals surface area contributed by atoms with E-state index in [-0.39, 0.29) is 0 Å². The Bertz CT molecular complexity index is 615. The average Bonchev–Trinajstić information content (AvgIpc) is 2.58. The standard InChI is InChI=1S/C13H12N2S/c1-15(2)9-6-8-4-3-5-11-12(8)10(7-9)13(16)14-11/h3-7H,1-2H3,(H,14,16). The van der Waals surface area contributed by atoms with E-state index in [1.807, 2.05) is 26.2 Å². The molecule has 3 rings (SSSR count). The van der Waals surface area contributed by atoms with Crippen LogP contribution in [0.1, 0.15) is 5.56 Å². The highest BCUT2D eigenvalue weighted by molar-refractivity contribution is 7.97. The summed E-state index contributed by atoms with van der Waals surface area (Å²) >= 11 is 4.44. The molecule has 0 spiro atoms. The van der Waals surface area contributed by atoms with Crippen molar-refractivity contribution in [3.63, 3.8) is 0 Å². The van der Waals surface area contributed by atoms with Gasteiger partial charge in [-0.05, 0) is 23.6 Å². The van der Waals surface area contributed by atoms with E-state index in [4.69, 9.17) is 0 Å². The van der Waals surface area contributed by atoms with Crippen molar-refractivity contribution in [1.29, 1.82) is 0 Å². The zero-order valence-corrected chi connectivity index (χ0v) is 10.1. The largest absolute Gasteiger partial charge is 0.378 e. The van der Waals surface area contributed by atoms with Gasteiger partial charge in [0.05, 0.1) is 5.69 Å². The quantitative estimate of drug-likeness (QED) is 0.741. The lowest BCUT2D eigenvalue weighted by atomic mass is 10.0. The summed E-state index contributed by atoms with van der Waals surface area (Å²) in [6.45, 7) is 0. The van der Waals surface area contributed by atoms with Crippen LogP contribution in [-0.2, 0) is 0 Å². The van der Waals surface area contributed by atoms with Crippen molar-refractivity contribution in [1.82, 2.24) is 0 Å². The van der Waals surface area contributed by atoms with Crippen molar-refractivity contribution in [2.45, 2.75) is 0 Å². The minimum absolute atomic E-state index is 0.815. The third-order valence-electron chi connectivity index (χ3n) is 2.92. The van der Waals surface area contributed by atoms with E-state index in [1.165, 1.54) is 16.5 Å². The van der Waals surface area contributed by atoms with Crippen LogP contribution >= 0.6 is 12.6 Å². The number of hydrogen-bond acceptors (Lipinski definition) is 2. The molecule has 1 aliphatic rings.